The largest absolute Gasteiger partial charge is 0.150 e. The zero-order valence-electron chi connectivity index (χ0n) is 14.1. The second kappa shape index (κ2) is 12.9. The van der Waals surface area contributed by atoms with Crippen molar-refractivity contribution in [2.24, 2.45) is 0 Å². The molecule has 0 aliphatic heterocycles. The molecule has 0 fully saturated rings. The standard InChI is InChI=1S/C9H8I4.C9H12.2Ru/c1-5-3-6(2)8(10)7(4-5)9(11,12)13;1-7-4-8(2)6-9(3)5-7;;/h3-4H,1-2H3;4-6H,1-3H3;;. The van der Waals surface area contributed by atoms with Crippen molar-refractivity contribution in [1.82, 2.24) is 0 Å². The third kappa shape index (κ3) is 10.2. The summed E-state index contributed by atoms with van der Waals surface area (Å²) in [6, 6.07) is 11.1. The molecule has 0 heterocycles. The molecule has 2 rings (SSSR count). The summed E-state index contributed by atoms with van der Waals surface area (Å²) in [6.45, 7) is 10.7. The van der Waals surface area contributed by atoms with E-state index in [0.717, 1.165) is 0 Å². The molecule has 0 aliphatic rings. The first-order chi connectivity index (χ1) is 10.0. The number of alkyl halides is 3. The topological polar surface area (TPSA) is 0 Å². The predicted molar refractivity (Wildman–Crippen MR) is 133 cm³/mol. The molecule has 0 nitrogen and oxygen atoms in total. The van der Waals surface area contributed by atoms with Crippen molar-refractivity contribution >= 4 is 90.4 Å². The van der Waals surface area contributed by atoms with Gasteiger partial charge in [-0.15, -0.1) is 0 Å². The summed E-state index contributed by atoms with van der Waals surface area (Å²) in [5.74, 6) is 0. The fourth-order valence-electron chi connectivity index (χ4n) is 2.36. The molecular weight excluding hydrogens is 926 g/mol. The Morgan fingerprint density at radius 3 is 1.29 bits per heavy atom. The minimum atomic E-state index is 0. The van der Waals surface area contributed by atoms with E-state index in [2.05, 4.69) is 155 Å². The Morgan fingerprint density at radius 2 is 0.958 bits per heavy atom. The van der Waals surface area contributed by atoms with Crippen molar-refractivity contribution in [1.29, 1.82) is 0 Å². The smallest absolute Gasteiger partial charge is 0.0564 e. The van der Waals surface area contributed by atoms with Crippen LogP contribution in [0.2, 0.25) is 0 Å². The summed E-state index contributed by atoms with van der Waals surface area (Å²) in [5.41, 5.74) is 8.21. The molecule has 0 saturated carbocycles. The molecule has 0 spiro atoms. The summed E-state index contributed by atoms with van der Waals surface area (Å²) in [6.07, 6.45) is 0. The van der Waals surface area contributed by atoms with Gasteiger partial charge < -0.3 is 0 Å². The third-order valence-electron chi connectivity index (χ3n) is 3.07. The number of halogens is 4. The monoisotopic (exact) mass is 948 g/mol. The number of aryl methyl sites for hydroxylation is 5. The molecule has 0 aliphatic carbocycles. The molecule has 0 unspecified atom stereocenters. The van der Waals surface area contributed by atoms with Crippen LogP contribution in [0.5, 0.6) is 0 Å². The molecule has 24 heavy (non-hydrogen) atoms. The van der Waals surface area contributed by atoms with E-state index >= 15 is 0 Å². The molecule has 136 valence electrons. The molecule has 0 aromatic heterocycles. The third-order valence-corrected chi connectivity index (χ3v) is 6.25. The zero-order valence-corrected chi connectivity index (χ0v) is 26.2. The van der Waals surface area contributed by atoms with Crippen molar-refractivity contribution in [2.75, 3.05) is 0 Å². The predicted octanol–water partition coefficient (Wildman–Crippen LogP) is 7.93. The van der Waals surface area contributed by atoms with Gasteiger partial charge in [0.25, 0.3) is 0 Å². The van der Waals surface area contributed by atoms with Gasteiger partial charge in [-0.25, -0.2) is 0 Å². The Morgan fingerprint density at radius 1 is 0.625 bits per heavy atom. The molecule has 0 atom stereocenters. The van der Waals surface area contributed by atoms with Crippen molar-refractivity contribution in [3.8, 4) is 0 Å². The maximum Gasteiger partial charge on any atom is 0.150 e. The molecule has 2 aromatic rings. The summed E-state index contributed by atoms with van der Waals surface area (Å²) in [7, 11) is 0. The number of hydrogen-bond acceptors (Lipinski definition) is 0. The second-order valence-electron chi connectivity index (χ2n) is 5.61. The van der Waals surface area contributed by atoms with Gasteiger partial charge in [-0.3, -0.25) is 0 Å². The number of hydrogen-bond donors (Lipinski definition) is 0. The van der Waals surface area contributed by atoms with Crippen LogP contribution in [-0.4, -0.2) is 0 Å². The van der Waals surface area contributed by atoms with Crippen LogP contribution < -0.4 is 0 Å². The number of benzene rings is 2. The Hall–Kier alpha value is 2.61. The molecule has 0 N–H and O–H groups in total. The minimum Gasteiger partial charge on any atom is -0.0564 e. The fraction of sp³-hybridized carbons (Fsp3) is 0.333. The molecular formula is C18H20I4Ru2. The van der Waals surface area contributed by atoms with Crippen LogP contribution in [0.3, 0.4) is 0 Å². The van der Waals surface area contributed by atoms with Gasteiger partial charge in [0.1, 0.15) is -0.565 Å². The Labute approximate surface area is 226 Å². The maximum absolute atomic E-state index is 2.47. The first-order valence-corrected chi connectivity index (χ1v) is 11.2. The van der Waals surface area contributed by atoms with Crippen LogP contribution in [0.1, 0.15) is 33.4 Å². The van der Waals surface area contributed by atoms with Crippen LogP contribution in [-0.2, 0) is 38.4 Å². The van der Waals surface area contributed by atoms with Crippen LogP contribution in [0.15, 0.2) is 30.3 Å². The SMILES string of the molecule is Cc1cc(C)c(I)c(C(I)(I)I)c1.Cc1cc(C)cc(C)c1.[Ru].[Ru]. The zero-order chi connectivity index (χ0) is 17.1. The van der Waals surface area contributed by atoms with E-state index in [9.17, 15) is 0 Å². The van der Waals surface area contributed by atoms with Gasteiger partial charge in [0.2, 0.25) is 0 Å². The normalized spacial score (nSPS) is 10.0. The first kappa shape index (κ1) is 28.8. The van der Waals surface area contributed by atoms with Crippen molar-refractivity contribution < 1.29 is 39.0 Å². The first-order valence-electron chi connectivity index (χ1n) is 6.89. The molecule has 0 radical (unpaired) electrons. The minimum absolute atomic E-state index is 0. The van der Waals surface area contributed by atoms with Crippen LogP contribution >= 0.6 is 90.4 Å². The molecule has 0 amide bonds. The summed E-state index contributed by atoms with van der Waals surface area (Å²) >= 11 is 9.84. The van der Waals surface area contributed by atoms with E-state index < -0.39 is 0 Å². The number of rotatable bonds is 1. The summed E-state index contributed by atoms with van der Waals surface area (Å²) in [4.78, 5) is 0. The van der Waals surface area contributed by atoms with Gasteiger partial charge in [-0.1, -0.05) is 52.6 Å². The average Bonchev–Trinajstić information content (AvgIpc) is 2.31. The summed E-state index contributed by atoms with van der Waals surface area (Å²) in [5, 5.41) is 0. The van der Waals surface area contributed by atoms with Gasteiger partial charge in [0, 0.05) is 48.1 Å². The second-order valence-corrected chi connectivity index (χ2v) is 17.7. The quantitative estimate of drug-likeness (QED) is 0.155. The summed E-state index contributed by atoms with van der Waals surface area (Å²) < 4.78 is 1.56. The van der Waals surface area contributed by atoms with E-state index in [-0.39, 0.29) is 38.4 Å². The van der Waals surface area contributed by atoms with Gasteiger partial charge in [0.15, 0.2) is 0 Å². The van der Waals surface area contributed by atoms with Crippen molar-refractivity contribution in [3.63, 3.8) is 0 Å². The van der Waals surface area contributed by atoms with Crippen LogP contribution in [0, 0.1) is 38.2 Å². The van der Waals surface area contributed by atoms with Crippen LogP contribution in [0.4, 0.5) is 0 Å². The van der Waals surface area contributed by atoms with E-state index in [1.165, 1.54) is 37.0 Å². The Bertz CT molecular complexity index is 614. The van der Waals surface area contributed by atoms with Gasteiger partial charge >= 0.3 is 0 Å². The maximum atomic E-state index is 2.47. The molecule has 6 heteroatoms. The Balaban J connectivity index is 0. The van der Waals surface area contributed by atoms with Crippen LogP contribution in [0.25, 0.3) is 0 Å². The van der Waals surface area contributed by atoms with Crippen molar-refractivity contribution in [2.45, 2.75) is 34.1 Å². The van der Waals surface area contributed by atoms with E-state index in [4.69, 9.17) is 0 Å². The van der Waals surface area contributed by atoms with Gasteiger partial charge in [0.05, 0.1) is 0 Å². The van der Waals surface area contributed by atoms with E-state index in [1.807, 2.05) is 0 Å². The van der Waals surface area contributed by atoms with Gasteiger partial charge in [-0.2, -0.15) is 0 Å². The fourth-order valence-corrected chi connectivity index (χ4v) is 5.90. The molecule has 0 saturated heterocycles. The van der Waals surface area contributed by atoms with Crippen molar-refractivity contribution in [3.05, 3.63) is 67.3 Å². The average molecular weight is 946 g/mol. The molecule has 2 aromatic carbocycles. The Kier molecular flexibility index (Phi) is 15.5. The van der Waals surface area contributed by atoms with Gasteiger partial charge in [-0.05, 0) is 131 Å². The van der Waals surface area contributed by atoms with E-state index in [1.54, 1.807) is 0 Å². The van der Waals surface area contributed by atoms with E-state index in [0.29, 0.717) is 0 Å². The molecule has 0 bridgehead atoms.